The number of aromatic hydroxyl groups is 1. The molecule has 0 saturated heterocycles. The van der Waals surface area contributed by atoms with Crippen LogP contribution in [-0.2, 0) is 5.75 Å². The summed E-state index contributed by atoms with van der Waals surface area (Å²) in [5, 5.41) is 11.0. The Morgan fingerprint density at radius 2 is 2.18 bits per heavy atom. The van der Waals surface area contributed by atoms with Crippen molar-refractivity contribution in [3.8, 4) is 5.75 Å². The molecule has 0 unspecified atom stereocenters. The number of aromatic nitrogens is 1. The number of pyridine rings is 1. The van der Waals surface area contributed by atoms with Gasteiger partial charge in [0.05, 0.1) is 5.02 Å². The van der Waals surface area contributed by atoms with Crippen LogP contribution < -0.4 is 5.73 Å². The molecule has 3 nitrogen and oxygen atoms in total. The molecule has 0 aliphatic carbocycles. The fraction of sp³-hybridized carbons (Fsp3) is 0.0833. The molecule has 2 rings (SSSR count). The number of hydrogen-bond acceptors (Lipinski definition) is 4. The van der Waals surface area contributed by atoms with Gasteiger partial charge in [0.15, 0.2) is 0 Å². The highest BCUT2D eigenvalue weighted by Gasteiger charge is 2.05. The molecule has 2 aromatic rings. The summed E-state index contributed by atoms with van der Waals surface area (Å²) in [6.07, 6.45) is 1.69. The molecule has 3 N–H and O–H groups in total. The van der Waals surface area contributed by atoms with E-state index in [-0.39, 0.29) is 5.75 Å². The molecule has 0 aliphatic heterocycles. The van der Waals surface area contributed by atoms with E-state index in [0.717, 1.165) is 10.6 Å². The number of rotatable bonds is 3. The van der Waals surface area contributed by atoms with Crippen LogP contribution in [0.5, 0.6) is 5.75 Å². The van der Waals surface area contributed by atoms with Crippen LogP contribution in [0, 0.1) is 0 Å². The predicted octanol–water partition coefficient (Wildman–Crippen LogP) is 3.32. The molecule has 0 bridgehead atoms. The summed E-state index contributed by atoms with van der Waals surface area (Å²) in [6.45, 7) is 0. The van der Waals surface area contributed by atoms with E-state index in [1.807, 2.05) is 0 Å². The number of thioether (sulfide) groups is 1. The number of benzene rings is 1. The third kappa shape index (κ3) is 3.05. The number of hydrogen-bond donors (Lipinski definition) is 2. The van der Waals surface area contributed by atoms with E-state index in [4.69, 9.17) is 17.3 Å². The van der Waals surface area contributed by atoms with E-state index in [0.29, 0.717) is 16.5 Å². The summed E-state index contributed by atoms with van der Waals surface area (Å²) < 4.78 is 0. The average molecular weight is 267 g/mol. The van der Waals surface area contributed by atoms with Crippen LogP contribution in [0.25, 0.3) is 0 Å². The summed E-state index contributed by atoms with van der Waals surface area (Å²) >= 11 is 7.46. The van der Waals surface area contributed by atoms with Gasteiger partial charge in [-0.05, 0) is 30.3 Å². The molecule has 0 saturated carbocycles. The van der Waals surface area contributed by atoms with Crippen molar-refractivity contribution >= 4 is 29.1 Å². The lowest BCUT2D eigenvalue weighted by atomic mass is 10.2. The van der Waals surface area contributed by atoms with E-state index >= 15 is 0 Å². The zero-order chi connectivity index (χ0) is 12.3. The first-order valence-corrected chi connectivity index (χ1v) is 6.34. The first kappa shape index (κ1) is 12.1. The minimum Gasteiger partial charge on any atom is -0.508 e. The maximum absolute atomic E-state index is 9.66. The van der Waals surface area contributed by atoms with Gasteiger partial charge in [-0.25, -0.2) is 4.98 Å². The summed E-state index contributed by atoms with van der Waals surface area (Å²) in [7, 11) is 0. The molecule has 0 atom stereocenters. The van der Waals surface area contributed by atoms with Gasteiger partial charge in [-0.15, -0.1) is 11.8 Å². The summed E-state index contributed by atoms with van der Waals surface area (Å²) in [5.74, 6) is 0.812. The van der Waals surface area contributed by atoms with Crippen LogP contribution in [0.4, 0.5) is 5.69 Å². The lowest BCUT2D eigenvalue weighted by Crippen LogP contribution is -1.89. The molecule has 1 heterocycles. The van der Waals surface area contributed by atoms with E-state index in [2.05, 4.69) is 4.98 Å². The van der Waals surface area contributed by atoms with Crippen LogP contribution in [0.15, 0.2) is 41.6 Å². The normalized spacial score (nSPS) is 10.4. The zero-order valence-electron chi connectivity index (χ0n) is 8.93. The van der Waals surface area contributed by atoms with Gasteiger partial charge in [-0.2, -0.15) is 0 Å². The van der Waals surface area contributed by atoms with Crippen molar-refractivity contribution < 1.29 is 5.11 Å². The van der Waals surface area contributed by atoms with Gasteiger partial charge in [0.2, 0.25) is 0 Å². The summed E-state index contributed by atoms with van der Waals surface area (Å²) in [6, 6.07) is 8.57. The van der Waals surface area contributed by atoms with Crippen LogP contribution in [0.1, 0.15) is 5.56 Å². The third-order valence-corrected chi connectivity index (χ3v) is 3.66. The van der Waals surface area contributed by atoms with Crippen LogP contribution >= 0.6 is 23.4 Å². The topological polar surface area (TPSA) is 59.1 Å². The second-order valence-electron chi connectivity index (χ2n) is 3.47. The maximum atomic E-state index is 9.66. The number of phenolic OH excluding ortho intramolecular Hbond substituents is 1. The lowest BCUT2D eigenvalue weighted by Gasteiger charge is -2.06. The van der Waals surface area contributed by atoms with Gasteiger partial charge >= 0.3 is 0 Å². The molecular weight excluding hydrogens is 256 g/mol. The molecule has 88 valence electrons. The van der Waals surface area contributed by atoms with Crippen LogP contribution in [0.3, 0.4) is 0 Å². The Labute approximate surface area is 109 Å². The summed E-state index contributed by atoms with van der Waals surface area (Å²) in [4.78, 5) is 4.16. The van der Waals surface area contributed by atoms with Crippen molar-refractivity contribution in [3.63, 3.8) is 0 Å². The first-order valence-electron chi connectivity index (χ1n) is 4.97. The number of halogens is 1. The van der Waals surface area contributed by atoms with Gasteiger partial charge in [-0.3, -0.25) is 0 Å². The van der Waals surface area contributed by atoms with Crippen LogP contribution in [0.2, 0.25) is 5.02 Å². The third-order valence-electron chi connectivity index (χ3n) is 2.19. The van der Waals surface area contributed by atoms with Gasteiger partial charge in [0.1, 0.15) is 10.8 Å². The average Bonchev–Trinajstić information content (AvgIpc) is 2.32. The van der Waals surface area contributed by atoms with E-state index < -0.39 is 0 Å². The van der Waals surface area contributed by atoms with Gasteiger partial charge < -0.3 is 10.8 Å². The molecule has 0 aliphatic rings. The molecule has 1 aromatic carbocycles. The standard InChI is InChI=1S/C12H11ClN2OS/c13-10-2-1-5-15-12(10)17-7-8-6-9(14)3-4-11(8)16/h1-6,16H,7,14H2. The molecule has 0 radical (unpaired) electrons. The number of anilines is 1. The number of nitrogens with zero attached hydrogens (tertiary/aromatic N) is 1. The van der Waals surface area contributed by atoms with E-state index in [1.165, 1.54) is 11.8 Å². The Kier molecular flexibility index (Phi) is 3.76. The molecular formula is C12H11ClN2OS. The first-order chi connectivity index (χ1) is 8.16. The maximum Gasteiger partial charge on any atom is 0.119 e. The Hall–Kier alpha value is -1.39. The highest BCUT2D eigenvalue weighted by molar-refractivity contribution is 7.98. The fourth-order valence-electron chi connectivity index (χ4n) is 1.34. The van der Waals surface area contributed by atoms with Gasteiger partial charge in [0.25, 0.3) is 0 Å². The molecule has 1 aromatic heterocycles. The Balaban J connectivity index is 2.12. The minimum absolute atomic E-state index is 0.235. The highest BCUT2D eigenvalue weighted by Crippen LogP contribution is 2.30. The molecule has 0 amide bonds. The Morgan fingerprint density at radius 3 is 2.94 bits per heavy atom. The predicted molar refractivity (Wildman–Crippen MR) is 71.3 cm³/mol. The Bertz CT molecular complexity index is 534. The van der Waals surface area contributed by atoms with Crippen LogP contribution in [-0.4, -0.2) is 10.1 Å². The van der Waals surface area contributed by atoms with Crippen molar-refractivity contribution in [2.75, 3.05) is 5.73 Å². The van der Waals surface area contributed by atoms with E-state index in [9.17, 15) is 5.11 Å². The van der Waals surface area contributed by atoms with Crippen molar-refractivity contribution in [2.45, 2.75) is 10.8 Å². The molecule has 5 heteroatoms. The van der Waals surface area contributed by atoms with Crippen molar-refractivity contribution in [1.82, 2.24) is 4.98 Å². The Morgan fingerprint density at radius 1 is 1.35 bits per heavy atom. The fourth-order valence-corrected chi connectivity index (χ4v) is 2.49. The second-order valence-corrected chi connectivity index (χ2v) is 4.84. The quantitative estimate of drug-likeness (QED) is 0.508. The van der Waals surface area contributed by atoms with Gasteiger partial charge in [0, 0.05) is 23.2 Å². The van der Waals surface area contributed by atoms with Crippen molar-refractivity contribution in [2.24, 2.45) is 0 Å². The largest absolute Gasteiger partial charge is 0.508 e. The minimum atomic E-state index is 0.235. The van der Waals surface area contributed by atoms with E-state index in [1.54, 1.807) is 36.5 Å². The molecule has 0 fully saturated rings. The highest BCUT2D eigenvalue weighted by atomic mass is 35.5. The zero-order valence-corrected chi connectivity index (χ0v) is 10.5. The number of nitrogen functional groups attached to an aromatic ring is 1. The van der Waals surface area contributed by atoms with Gasteiger partial charge in [-0.1, -0.05) is 11.6 Å². The molecule has 17 heavy (non-hydrogen) atoms. The van der Waals surface area contributed by atoms with Crippen molar-refractivity contribution in [1.29, 1.82) is 0 Å². The smallest absolute Gasteiger partial charge is 0.119 e. The second kappa shape index (κ2) is 5.29. The summed E-state index contributed by atoms with van der Waals surface area (Å²) in [5.41, 5.74) is 7.07. The monoisotopic (exact) mass is 266 g/mol. The number of nitrogens with two attached hydrogens (primary N) is 1. The molecule has 0 spiro atoms. The number of phenols is 1. The lowest BCUT2D eigenvalue weighted by molar-refractivity contribution is 0.471. The SMILES string of the molecule is Nc1ccc(O)c(CSc2ncccc2Cl)c1. The van der Waals surface area contributed by atoms with Crippen molar-refractivity contribution in [3.05, 3.63) is 47.1 Å².